The van der Waals surface area contributed by atoms with Crippen LogP contribution in [0.2, 0.25) is 0 Å². The summed E-state index contributed by atoms with van der Waals surface area (Å²) in [5, 5.41) is 0.516. The van der Waals surface area contributed by atoms with E-state index in [0.29, 0.717) is 42.0 Å². The number of carbonyl (C=O) groups is 1. The Labute approximate surface area is 230 Å². The number of benzene rings is 2. The Morgan fingerprint density at radius 2 is 1.93 bits per heavy atom. The molecule has 1 atom stereocenters. The zero-order valence-electron chi connectivity index (χ0n) is 23.2. The van der Waals surface area contributed by atoms with Crippen LogP contribution in [0.3, 0.4) is 0 Å². The number of alkyl halides is 2. The first-order valence-electron chi connectivity index (χ1n) is 13.1. The lowest BCUT2D eigenvalue weighted by molar-refractivity contribution is -0.129. The number of halogens is 2. The van der Waals surface area contributed by atoms with E-state index in [-0.39, 0.29) is 29.8 Å². The smallest absolute Gasteiger partial charge is 0.387 e. The summed E-state index contributed by atoms with van der Waals surface area (Å²) in [6.07, 6.45) is 1.78. The molecule has 5 rings (SSSR count). The summed E-state index contributed by atoms with van der Waals surface area (Å²) in [5.74, 6) is 0.749. The second-order valence-corrected chi connectivity index (χ2v) is 10.3. The lowest BCUT2D eigenvalue weighted by Gasteiger charge is -2.39. The quantitative estimate of drug-likeness (QED) is 0.359. The predicted molar refractivity (Wildman–Crippen MR) is 149 cm³/mol. The molecule has 2 aromatic carbocycles. The van der Waals surface area contributed by atoms with Crippen LogP contribution in [0.15, 0.2) is 47.4 Å². The topological polar surface area (TPSA) is 85.5 Å². The van der Waals surface area contributed by atoms with Crippen molar-refractivity contribution in [3.63, 3.8) is 0 Å². The first kappa shape index (κ1) is 27.3. The molecule has 40 heavy (non-hydrogen) atoms. The van der Waals surface area contributed by atoms with E-state index in [4.69, 9.17) is 9.72 Å². The van der Waals surface area contributed by atoms with Gasteiger partial charge in [0.1, 0.15) is 5.75 Å². The number of carbonyl (C=O) groups excluding carboxylic acids is 1. The van der Waals surface area contributed by atoms with Crippen LogP contribution in [-0.4, -0.2) is 62.4 Å². The van der Waals surface area contributed by atoms with Crippen molar-refractivity contribution in [3.05, 3.63) is 69.8 Å². The molecule has 0 spiro atoms. The summed E-state index contributed by atoms with van der Waals surface area (Å²) in [7, 11) is 1.65. The standard InChI is InChI=1S/C29H32F2N6O3/c1-17-6-9-26(40-28(30)31)22(12-17)16-37-25-13-21(7-8-23(25)27(39)34(37)5)24-14-32-29(33-19(24)3)36-11-10-35(20(4)38)15-18(36)2/h6-9,12-14,18,28H,10-11,15-16H2,1-5H3. The third kappa shape index (κ3) is 5.15. The molecule has 1 aliphatic rings. The summed E-state index contributed by atoms with van der Waals surface area (Å²) in [6, 6.07) is 10.6. The number of hydrogen-bond donors (Lipinski definition) is 0. The van der Waals surface area contributed by atoms with Gasteiger partial charge < -0.3 is 14.5 Å². The summed E-state index contributed by atoms with van der Waals surface area (Å²) in [6.45, 7) is 6.53. The molecule has 0 saturated carbocycles. The molecule has 0 radical (unpaired) electrons. The van der Waals surface area contributed by atoms with Gasteiger partial charge in [0, 0.05) is 57.0 Å². The van der Waals surface area contributed by atoms with Gasteiger partial charge in [-0.25, -0.2) is 9.97 Å². The SMILES string of the molecule is CC(=O)N1CCN(c2ncc(-c3ccc4c(=O)n(C)n(Cc5cc(C)ccc5OC(F)F)c4c3)c(C)n2)C(C)C1. The van der Waals surface area contributed by atoms with Crippen LogP contribution < -0.4 is 15.2 Å². The van der Waals surface area contributed by atoms with Crippen LogP contribution in [0.4, 0.5) is 14.7 Å². The third-order valence-electron chi connectivity index (χ3n) is 7.52. The van der Waals surface area contributed by atoms with Crippen LogP contribution in [0, 0.1) is 13.8 Å². The fraction of sp³-hybridized carbons (Fsp3) is 0.379. The lowest BCUT2D eigenvalue weighted by atomic mass is 10.0. The van der Waals surface area contributed by atoms with Gasteiger partial charge in [0.2, 0.25) is 11.9 Å². The summed E-state index contributed by atoms with van der Waals surface area (Å²) in [5.41, 5.74) is 4.34. The number of amides is 1. The highest BCUT2D eigenvalue weighted by atomic mass is 19.3. The summed E-state index contributed by atoms with van der Waals surface area (Å²) in [4.78, 5) is 38.2. The minimum absolute atomic E-state index is 0.0638. The van der Waals surface area contributed by atoms with Crippen molar-refractivity contribution in [2.24, 2.45) is 7.05 Å². The number of rotatable bonds is 6. The number of anilines is 1. The Morgan fingerprint density at radius 3 is 2.60 bits per heavy atom. The molecule has 3 heterocycles. The van der Waals surface area contributed by atoms with E-state index in [9.17, 15) is 18.4 Å². The molecule has 11 heteroatoms. The molecule has 0 bridgehead atoms. The van der Waals surface area contributed by atoms with Gasteiger partial charge in [-0.2, -0.15) is 8.78 Å². The molecular formula is C29H32F2N6O3. The van der Waals surface area contributed by atoms with Crippen molar-refractivity contribution in [1.82, 2.24) is 24.2 Å². The number of aryl methyl sites for hydroxylation is 2. The van der Waals surface area contributed by atoms with Crippen molar-refractivity contribution in [1.29, 1.82) is 0 Å². The third-order valence-corrected chi connectivity index (χ3v) is 7.52. The highest BCUT2D eigenvalue weighted by Gasteiger charge is 2.27. The minimum atomic E-state index is -2.95. The van der Waals surface area contributed by atoms with Crippen molar-refractivity contribution in [2.45, 2.75) is 46.9 Å². The number of piperazine rings is 1. The van der Waals surface area contributed by atoms with E-state index >= 15 is 0 Å². The van der Waals surface area contributed by atoms with Crippen molar-refractivity contribution in [2.75, 3.05) is 24.5 Å². The van der Waals surface area contributed by atoms with Gasteiger partial charge in [-0.15, -0.1) is 0 Å². The van der Waals surface area contributed by atoms with E-state index in [1.807, 2.05) is 30.9 Å². The average Bonchev–Trinajstić information content (AvgIpc) is 3.14. The Balaban J connectivity index is 1.50. The number of hydrogen-bond acceptors (Lipinski definition) is 6. The zero-order chi connectivity index (χ0) is 28.7. The van der Waals surface area contributed by atoms with E-state index < -0.39 is 6.61 Å². The molecule has 0 aliphatic carbocycles. The highest BCUT2D eigenvalue weighted by molar-refractivity contribution is 5.85. The molecule has 2 aromatic heterocycles. The van der Waals surface area contributed by atoms with Crippen molar-refractivity contribution >= 4 is 22.8 Å². The first-order valence-corrected chi connectivity index (χ1v) is 13.1. The maximum Gasteiger partial charge on any atom is 0.387 e. The van der Waals surface area contributed by atoms with E-state index in [1.165, 1.54) is 10.7 Å². The fourth-order valence-electron chi connectivity index (χ4n) is 5.35. The lowest BCUT2D eigenvalue weighted by Crippen LogP contribution is -2.53. The van der Waals surface area contributed by atoms with Crippen LogP contribution >= 0.6 is 0 Å². The van der Waals surface area contributed by atoms with E-state index in [0.717, 1.165) is 22.4 Å². The Bertz CT molecular complexity index is 1650. The predicted octanol–water partition coefficient (Wildman–Crippen LogP) is 4.12. The van der Waals surface area contributed by atoms with Gasteiger partial charge in [-0.05, 0) is 44.5 Å². The maximum absolute atomic E-state index is 13.1. The monoisotopic (exact) mass is 550 g/mol. The number of ether oxygens (including phenoxy) is 1. The van der Waals surface area contributed by atoms with E-state index in [1.54, 1.807) is 43.0 Å². The van der Waals surface area contributed by atoms with Crippen LogP contribution in [0.25, 0.3) is 22.0 Å². The van der Waals surface area contributed by atoms with Gasteiger partial charge in [0.25, 0.3) is 5.56 Å². The van der Waals surface area contributed by atoms with Gasteiger partial charge in [0.05, 0.1) is 23.1 Å². The highest BCUT2D eigenvalue weighted by Crippen LogP contribution is 2.29. The average molecular weight is 551 g/mol. The van der Waals surface area contributed by atoms with Crippen molar-refractivity contribution < 1.29 is 18.3 Å². The van der Waals surface area contributed by atoms with Gasteiger partial charge in [-0.3, -0.25) is 19.0 Å². The number of aromatic nitrogens is 4. The molecular weight excluding hydrogens is 518 g/mol. The largest absolute Gasteiger partial charge is 0.434 e. The Morgan fingerprint density at radius 1 is 1.15 bits per heavy atom. The summed E-state index contributed by atoms with van der Waals surface area (Å²) >= 11 is 0. The molecule has 210 valence electrons. The molecule has 1 fully saturated rings. The molecule has 0 N–H and O–H groups in total. The molecule has 1 saturated heterocycles. The fourth-order valence-corrected chi connectivity index (χ4v) is 5.35. The summed E-state index contributed by atoms with van der Waals surface area (Å²) < 4.78 is 34.1. The molecule has 1 aliphatic heterocycles. The van der Waals surface area contributed by atoms with Crippen molar-refractivity contribution in [3.8, 4) is 16.9 Å². The minimum Gasteiger partial charge on any atom is -0.434 e. The zero-order valence-corrected chi connectivity index (χ0v) is 23.2. The van der Waals surface area contributed by atoms with Crippen LogP contribution in [0.5, 0.6) is 5.75 Å². The second kappa shape index (κ2) is 10.7. The second-order valence-electron chi connectivity index (χ2n) is 10.3. The number of nitrogens with zero attached hydrogens (tertiary/aromatic N) is 6. The normalized spacial score (nSPS) is 15.8. The van der Waals surface area contributed by atoms with Gasteiger partial charge in [-0.1, -0.05) is 23.8 Å². The van der Waals surface area contributed by atoms with Gasteiger partial charge in [0.15, 0.2) is 0 Å². The number of fused-ring (bicyclic) bond motifs is 1. The van der Waals surface area contributed by atoms with Gasteiger partial charge >= 0.3 is 6.61 Å². The molecule has 1 unspecified atom stereocenters. The molecule has 9 nitrogen and oxygen atoms in total. The Kier molecular flexibility index (Phi) is 7.31. The van der Waals surface area contributed by atoms with E-state index in [2.05, 4.69) is 16.8 Å². The first-order chi connectivity index (χ1) is 19.0. The Hall–Kier alpha value is -4.28. The molecule has 1 amide bonds. The molecule has 4 aromatic rings. The van der Waals surface area contributed by atoms with Crippen LogP contribution in [0.1, 0.15) is 30.7 Å². The maximum atomic E-state index is 13.1. The van der Waals surface area contributed by atoms with Crippen LogP contribution in [-0.2, 0) is 18.4 Å².